The Morgan fingerprint density at radius 3 is 2.50 bits per heavy atom. The van der Waals surface area contributed by atoms with Crippen molar-refractivity contribution in [3.63, 3.8) is 0 Å². The molecule has 0 unspecified atom stereocenters. The third kappa shape index (κ3) is 3.93. The molecule has 2 heterocycles. The molecule has 0 aliphatic carbocycles. The molecule has 2 aromatic carbocycles. The number of methoxy groups -OCH3 is 1. The highest BCUT2D eigenvalue weighted by atomic mass is 32.2. The van der Waals surface area contributed by atoms with Gasteiger partial charge in [0.05, 0.1) is 25.2 Å². The standard InChI is InChI=1S/C22H24N2O5S/c1-3-16-7-9-19(10-8-16)30(25,26)21-22(24-11-13-28-14-12-24)29-20(23-21)17-5-4-6-18(15-17)27-2/h4-10,15H,3,11-14H2,1-2H3. The van der Waals surface area contributed by atoms with Crippen molar-refractivity contribution in [3.05, 3.63) is 54.1 Å². The summed E-state index contributed by atoms with van der Waals surface area (Å²) in [5.41, 5.74) is 1.71. The van der Waals surface area contributed by atoms with Crippen LogP contribution in [-0.2, 0) is 21.0 Å². The smallest absolute Gasteiger partial charge is 0.236 e. The molecule has 1 saturated heterocycles. The molecule has 0 N–H and O–H groups in total. The third-order valence-corrected chi connectivity index (χ3v) is 6.76. The lowest BCUT2D eigenvalue weighted by molar-refractivity contribution is 0.120. The van der Waals surface area contributed by atoms with Gasteiger partial charge in [0.25, 0.3) is 0 Å². The Morgan fingerprint density at radius 2 is 1.83 bits per heavy atom. The van der Waals surface area contributed by atoms with Gasteiger partial charge >= 0.3 is 0 Å². The van der Waals surface area contributed by atoms with Gasteiger partial charge in [0, 0.05) is 18.7 Å². The number of sulfone groups is 1. The zero-order valence-electron chi connectivity index (χ0n) is 17.0. The highest BCUT2D eigenvalue weighted by Crippen LogP contribution is 2.35. The van der Waals surface area contributed by atoms with Crippen LogP contribution in [0, 0.1) is 0 Å². The summed E-state index contributed by atoms with van der Waals surface area (Å²) in [6, 6.07) is 14.1. The molecule has 0 bridgehead atoms. The number of rotatable bonds is 6. The van der Waals surface area contributed by atoms with E-state index >= 15 is 0 Å². The first-order valence-corrected chi connectivity index (χ1v) is 11.3. The first kappa shape index (κ1) is 20.4. The van der Waals surface area contributed by atoms with Crippen LogP contribution in [0.4, 0.5) is 5.88 Å². The lowest BCUT2D eigenvalue weighted by atomic mass is 10.2. The van der Waals surface area contributed by atoms with E-state index in [-0.39, 0.29) is 21.7 Å². The number of hydrogen-bond donors (Lipinski definition) is 0. The largest absolute Gasteiger partial charge is 0.497 e. The van der Waals surface area contributed by atoms with E-state index in [1.165, 1.54) is 0 Å². The van der Waals surface area contributed by atoms with Crippen LogP contribution in [0.15, 0.2) is 62.9 Å². The van der Waals surface area contributed by atoms with Crippen molar-refractivity contribution in [2.24, 2.45) is 0 Å². The van der Waals surface area contributed by atoms with Crippen LogP contribution in [0.1, 0.15) is 12.5 Å². The fraction of sp³-hybridized carbons (Fsp3) is 0.318. The maximum Gasteiger partial charge on any atom is 0.236 e. The van der Waals surface area contributed by atoms with Crippen LogP contribution >= 0.6 is 0 Å². The molecule has 1 fully saturated rings. The minimum absolute atomic E-state index is 0.0773. The second-order valence-electron chi connectivity index (χ2n) is 6.96. The Balaban J connectivity index is 1.82. The zero-order chi connectivity index (χ0) is 21.1. The molecule has 7 nitrogen and oxygen atoms in total. The van der Waals surface area contributed by atoms with Crippen LogP contribution in [0.25, 0.3) is 11.5 Å². The molecule has 4 rings (SSSR count). The molecule has 1 aromatic heterocycles. The molecule has 3 aromatic rings. The van der Waals surface area contributed by atoms with Crippen molar-refractivity contribution in [1.29, 1.82) is 0 Å². The lowest BCUT2D eigenvalue weighted by Gasteiger charge is -2.26. The number of benzene rings is 2. The minimum Gasteiger partial charge on any atom is -0.497 e. The van der Waals surface area contributed by atoms with E-state index in [0.29, 0.717) is 37.6 Å². The SMILES string of the molecule is CCc1ccc(S(=O)(=O)c2nc(-c3cccc(OC)c3)oc2N2CCOCC2)cc1. The number of nitrogens with zero attached hydrogens (tertiary/aromatic N) is 2. The molecule has 0 saturated carbocycles. The first-order chi connectivity index (χ1) is 14.5. The minimum atomic E-state index is -3.87. The Hall–Kier alpha value is -2.84. The Bertz CT molecular complexity index is 1120. The molecule has 8 heteroatoms. The van der Waals surface area contributed by atoms with Crippen LogP contribution in [0.5, 0.6) is 5.75 Å². The number of morpholine rings is 1. The van der Waals surface area contributed by atoms with Gasteiger partial charge in [-0.2, -0.15) is 4.98 Å². The van der Waals surface area contributed by atoms with Gasteiger partial charge in [-0.25, -0.2) is 8.42 Å². The average Bonchev–Trinajstić information content (AvgIpc) is 3.26. The molecular formula is C22H24N2O5S. The van der Waals surface area contributed by atoms with E-state index in [1.807, 2.05) is 42.2 Å². The lowest BCUT2D eigenvalue weighted by Crippen LogP contribution is -2.36. The van der Waals surface area contributed by atoms with Gasteiger partial charge in [0.1, 0.15) is 5.75 Å². The third-order valence-electron chi connectivity index (χ3n) is 5.09. The summed E-state index contributed by atoms with van der Waals surface area (Å²) in [5.74, 6) is 1.12. The highest BCUT2D eigenvalue weighted by molar-refractivity contribution is 7.91. The predicted octanol–water partition coefficient (Wildman–Crippen LogP) is 3.58. The van der Waals surface area contributed by atoms with E-state index < -0.39 is 9.84 Å². The van der Waals surface area contributed by atoms with Gasteiger partial charge in [-0.1, -0.05) is 25.1 Å². The van der Waals surface area contributed by atoms with Gasteiger partial charge < -0.3 is 18.8 Å². The van der Waals surface area contributed by atoms with E-state index in [1.54, 1.807) is 25.3 Å². The summed E-state index contributed by atoms with van der Waals surface area (Å²) in [6.07, 6.45) is 0.837. The van der Waals surface area contributed by atoms with E-state index in [9.17, 15) is 8.42 Å². The summed E-state index contributed by atoms with van der Waals surface area (Å²) < 4.78 is 43.6. The van der Waals surface area contributed by atoms with Crippen molar-refractivity contribution < 1.29 is 22.3 Å². The summed E-state index contributed by atoms with van der Waals surface area (Å²) in [4.78, 5) is 6.49. The number of anilines is 1. The second kappa shape index (κ2) is 8.49. The van der Waals surface area contributed by atoms with Gasteiger partial charge in [-0.05, 0) is 42.3 Å². The Labute approximate surface area is 176 Å². The van der Waals surface area contributed by atoms with Crippen molar-refractivity contribution >= 4 is 15.7 Å². The Morgan fingerprint density at radius 1 is 1.10 bits per heavy atom. The quantitative estimate of drug-likeness (QED) is 0.593. The molecule has 0 radical (unpaired) electrons. The molecule has 0 spiro atoms. The molecule has 158 valence electrons. The summed E-state index contributed by atoms with van der Waals surface area (Å²) in [7, 11) is -2.29. The van der Waals surface area contributed by atoms with Crippen molar-refractivity contribution in [1.82, 2.24) is 4.98 Å². The van der Waals surface area contributed by atoms with Gasteiger partial charge in [-0.3, -0.25) is 0 Å². The molecular weight excluding hydrogens is 404 g/mol. The number of ether oxygens (including phenoxy) is 2. The number of aromatic nitrogens is 1. The summed E-state index contributed by atoms with van der Waals surface area (Å²) in [5, 5.41) is -0.0773. The molecule has 0 atom stereocenters. The molecule has 30 heavy (non-hydrogen) atoms. The highest BCUT2D eigenvalue weighted by Gasteiger charge is 2.32. The van der Waals surface area contributed by atoms with Gasteiger partial charge in [0.2, 0.25) is 26.6 Å². The maximum atomic E-state index is 13.5. The van der Waals surface area contributed by atoms with Crippen LogP contribution in [0.3, 0.4) is 0 Å². The van der Waals surface area contributed by atoms with Crippen molar-refractivity contribution in [2.45, 2.75) is 23.3 Å². The predicted molar refractivity (Wildman–Crippen MR) is 113 cm³/mol. The molecule has 0 amide bonds. The normalized spacial score (nSPS) is 14.7. The van der Waals surface area contributed by atoms with Crippen molar-refractivity contribution in [3.8, 4) is 17.2 Å². The van der Waals surface area contributed by atoms with Crippen molar-refractivity contribution in [2.75, 3.05) is 38.3 Å². The van der Waals surface area contributed by atoms with Crippen LogP contribution < -0.4 is 9.64 Å². The van der Waals surface area contributed by atoms with Crippen LogP contribution in [-0.4, -0.2) is 46.8 Å². The second-order valence-corrected chi connectivity index (χ2v) is 8.83. The fourth-order valence-electron chi connectivity index (χ4n) is 3.33. The zero-order valence-corrected chi connectivity index (χ0v) is 17.8. The molecule has 1 aliphatic heterocycles. The van der Waals surface area contributed by atoms with Crippen LogP contribution in [0.2, 0.25) is 0 Å². The first-order valence-electron chi connectivity index (χ1n) is 9.85. The fourth-order valence-corrected chi connectivity index (χ4v) is 4.66. The number of aryl methyl sites for hydroxylation is 1. The monoisotopic (exact) mass is 428 g/mol. The summed E-state index contributed by atoms with van der Waals surface area (Å²) >= 11 is 0. The van der Waals surface area contributed by atoms with Gasteiger partial charge in [0.15, 0.2) is 0 Å². The topological polar surface area (TPSA) is 81.9 Å². The van der Waals surface area contributed by atoms with E-state index in [4.69, 9.17) is 13.9 Å². The van der Waals surface area contributed by atoms with E-state index in [2.05, 4.69) is 4.98 Å². The average molecular weight is 429 g/mol. The molecule has 1 aliphatic rings. The van der Waals surface area contributed by atoms with E-state index in [0.717, 1.165) is 12.0 Å². The number of hydrogen-bond acceptors (Lipinski definition) is 7. The number of oxazole rings is 1. The summed E-state index contributed by atoms with van der Waals surface area (Å²) in [6.45, 7) is 4.09. The van der Waals surface area contributed by atoms with Gasteiger partial charge in [-0.15, -0.1) is 0 Å². The maximum absolute atomic E-state index is 13.5. The Kier molecular flexibility index (Phi) is 5.78.